The van der Waals surface area contributed by atoms with Gasteiger partial charge < -0.3 is 10.3 Å². The van der Waals surface area contributed by atoms with E-state index >= 15 is 0 Å². The van der Waals surface area contributed by atoms with Crippen LogP contribution in [0.15, 0.2) is 47.3 Å². The van der Waals surface area contributed by atoms with Crippen molar-refractivity contribution in [2.75, 3.05) is 0 Å². The highest BCUT2D eigenvalue weighted by atomic mass is 15.0. The summed E-state index contributed by atoms with van der Waals surface area (Å²) in [5.41, 5.74) is 7.05. The van der Waals surface area contributed by atoms with Gasteiger partial charge in [-0.3, -0.25) is 0 Å². The number of aryl methyl sites for hydroxylation is 1. The second-order valence-electron chi connectivity index (χ2n) is 4.89. The lowest BCUT2D eigenvalue weighted by molar-refractivity contribution is 0.744. The molecule has 0 aliphatic rings. The highest BCUT2D eigenvalue weighted by Gasteiger charge is 2.11. The van der Waals surface area contributed by atoms with Crippen LogP contribution in [0, 0.1) is 45.3 Å². The molecular weight excluding hydrogens is 300 g/mol. The Morgan fingerprint density at radius 3 is 2.42 bits per heavy atom. The van der Waals surface area contributed by atoms with Gasteiger partial charge in [0.1, 0.15) is 18.2 Å². The van der Waals surface area contributed by atoms with Crippen molar-refractivity contribution in [3.63, 3.8) is 0 Å². The zero-order chi connectivity index (χ0) is 17.5. The van der Waals surface area contributed by atoms with E-state index in [1.54, 1.807) is 18.2 Å². The second kappa shape index (κ2) is 7.32. The summed E-state index contributed by atoms with van der Waals surface area (Å²) in [5, 5.41) is 36.8. The number of rotatable bonds is 4. The minimum absolute atomic E-state index is 0.0521. The van der Waals surface area contributed by atoms with Gasteiger partial charge in [-0.05, 0) is 12.1 Å². The molecule has 0 aliphatic carbocycles. The van der Waals surface area contributed by atoms with Gasteiger partial charge in [0.25, 0.3) is 0 Å². The molecule has 0 amide bonds. The number of nitriles is 4. The molecule has 0 unspecified atom stereocenters. The Morgan fingerprint density at radius 2 is 1.79 bits per heavy atom. The molecule has 0 saturated heterocycles. The molecule has 1 heterocycles. The summed E-state index contributed by atoms with van der Waals surface area (Å²) in [6.07, 6.45) is 3.74. The molecule has 114 valence electrons. The van der Waals surface area contributed by atoms with Crippen LogP contribution >= 0.6 is 0 Å². The molecule has 0 fully saturated rings. The third-order valence-electron chi connectivity index (χ3n) is 3.49. The lowest BCUT2D eigenvalue weighted by Gasteiger charge is -2.00. The minimum Gasteiger partial charge on any atom is -0.396 e. The van der Waals surface area contributed by atoms with Gasteiger partial charge in [0.05, 0.1) is 23.8 Å². The average molecular weight is 312 g/mol. The Hall–Kier alpha value is -4.00. The van der Waals surface area contributed by atoms with E-state index in [1.807, 2.05) is 41.1 Å². The zero-order valence-electron chi connectivity index (χ0n) is 12.7. The Bertz CT molecular complexity index is 993. The van der Waals surface area contributed by atoms with E-state index in [-0.39, 0.29) is 16.8 Å². The summed E-state index contributed by atoms with van der Waals surface area (Å²) in [5.74, 6) is 0. The van der Waals surface area contributed by atoms with E-state index in [2.05, 4.69) is 6.07 Å². The molecule has 24 heavy (non-hydrogen) atoms. The first-order valence-corrected chi connectivity index (χ1v) is 7.03. The zero-order valence-corrected chi connectivity index (χ0v) is 12.7. The number of benzene rings is 1. The van der Waals surface area contributed by atoms with Crippen LogP contribution in [0.1, 0.15) is 12.0 Å². The number of fused-ring (bicyclic) bond motifs is 1. The average Bonchev–Trinajstić information content (AvgIpc) is 2.96. The quantitative estimate of drug-likeness (QED) is 0.686. The van der Waals surface area contributed by atoms with Crippen molar-refractivity contribution in [1.82, 2.24) is 4.57 Å². The molecule has 0 radical (unpaired) electrons. The first kappa shape index (κ1) is 16.4. The normalized spacial score (nSPS) is 10.2. The highest BCUT2D eigenvalue weighted by molar-refractivity contribution is 5.91. The van der Waals surface area contributed by atoms with Gasteiger partial charge in [-0.2, -0.15) is 21.0 Å². The molecular formula is C18H12N6. The van der Waals surface area contributed by atoms with Gasteiger partial charge in [-0.1, -0.05) is 18.2 Å². The molecule has 0 atom stereocenters. The van der Waals surface area contributed by atoms with E-state index < -0.39 is 0 Å². The number of hydrogen-bond donors (Lipinski definition) is 1. The monoisotopic (exact) mass is 312 g/mol. The maximum absolute atomic E-state index is 9.32. The molecule has 1 aromatic heterocycles. The molecule has 0 bridgehead atoms. The third-order valence-corrected chi connectivity index (χ3v) is 3.49. The fraction of sp³-hybridized carbons (Fsp3) is 0.111. The van der Waals surface area contributed by atoms with Crippen molar-refractivity contribution in [3.8, 4) is 24.3 Å². The van der Waals surface area contributed by atoms with Crippen molar-refractivity contribution in [3.05, 3.63) is 52.9 Å². The van der Waals surface area contributed by atoms with Gasteiger partial charge in [0.15, 0.2) is 5.57 Å². The van der Waals surface area contributed by atoms with E-state index in [0.717, 1.165) is 16.5 Å². The SMILES string of the molecule is N#CCCn1cc(/C=C(/C#N)C(N)=C(C#N)C#N)c2ccccc21. The predicted octanol–water partition coefficient (Wildman–Crippen LogP) is 2.72. The lowest BCUT2D eigenvalue weighted by atomic mass is 10.1. The van der Waals surface area contributed by atoms with E-state index in [4.69, 9.17) is 21.5 Å². The number of nitrogens with zero attached hydrogens (tertiary/aromatic N) is 5. The Balaban J connectivity index is 2.63. The van der Waals surface area contributed by atoms with Gasteiger partial charge in [0, 0.05) is 29.2 Å². The van der Waals surface area contributed by atoms with Crippen LogP contribution in [-0.4, -0.2) is 4.57 Å². The van der Waals surface area contributed by atoms with Crippen LogP contribution in [0.5, 0.6) is 0 Å². The van der Waals surface area contributed by atoms with Crippen LogP contribution in [0.25, 0.3) is 17.0 Å². The number of nitrogens with two attached hydrogens (primary N) is 1. The summed E-state index contributed by atoms with van der Waals surface area (Å²) < 4.78 is 1.93. The molecule has 0 aliphatic heterocycles. The largest absolute Gasteiger partial charge is 0.396 e. The predicted molar refractivity (Wildman–Crippen MR) is 88.2 cm³/mol. The maximum atomic E-state index is 9.32. The third kappa shape index (κ3) is 3.09. The fourth-order valence-corrected chi connectivity index (χ4v) is 2.35. The molecule has 1 aromatic carbocycles. The fourth-order valence-electron chi connectivity index (χ4n) is 2.35. The second-order valence-corrected chi connectivity index (χ2v) is 4.89. The van der Waals surface area contributed by atoms with Crippen molar-refractivity contribution in [2.45, 2.75) is 13.0 Å². The number of para-hydroxylation sites is 1. The summed E-state index contributed by atoms with van der Waals surface area (Å²) in [7, 11) is 0. The molecule has 2 N–H and O–H groups in total. The van der Waals surface area contributed by atoms with Gasteiger partial charge >= 0.3 is 0 Å². The highest BCUT2D eigenvalue weighted by Crippen LogP contribution is 2.25. The first-order valence-electron chi connectivity index (χ1n) is 7.03. The van der Waals surface area contributed by atoms with E-state index in [0.29, 0.717) is 13.0 Å². The summed E-state index contributed by atoms with van der Waals surface area (Å²) in [6, 6.07) is 15.0. The molecule has 0 saturated carbocycles. The molecule has 6 heteroatoms. The first-order chi connectivity index (χ1) is 11.7. The Morgan fingerprint density at radius 1 is 1.08 bits per heavy atom. The summed E-state index contributed by atoms with van der Waals surface area (Å²) in [6.45, 7) is 0.527. The lowest BCUT2D eigenvalue weighted by Crippen LogP contribution is -2.03. The topological polar surface area (TPSA) is 126 Å². The van der Waals surface area contributed by atoms with Crippen LogP contribution in [0.4, 0.5) is 0 Å². The van der Waals surface area contributed by atoms with E-state index in [9.17, 15) is 5.26 Å². The van der Waals surface area contributed by atoms with Crippen molar-refractivity contribution < 1.29 is 0 Å². The van der Waals surface area contributed by atoms with Crippen LogP contribution in [-0.2, 0) is 6.54 Å². The molecule has 2 aromatic rings. The Labute approximate surface area is 139 Å². The number of hydrogen-bond acceptors (Lipinski definition) is 5. The van der Waals surface area contributed by atoms with Crippen molar-refractivity contribution in [2.24, 2.45) is 5.73 Å². The van der Waals surface area contributed by atoms with Gasteiger partial charge in [-0.25, -0.2) is 0 Å². The van der Waals surface area contributed by atoms with Crippen LogP contribution < -0.4 is 5.73 Å². The van der Waals surface area contributed by atoms with Gasteiger partial charge in [-0.15, -0.1) is 0 Å². The Kier molecular flexibility index (Phi) is 4.99. The molecule has 0 spiro atoms. The summed E-state index contributed by atoms with van der Waals surface area (Å²) in [4.78, 5) is 0. The number of allylic oxidation sites excluding steroid dienone is 2. The maximum Gasteiger partial charge on any atom is 0.153 e. The van der Waals surface area contributed by atoms with E-state index in [1.165, 1.54) is 0 Å². The van der Waals surface area contributed by atoms with Crippen LogP contribution in [0.3, 0.4) is 0 Å². The number of aromatic nitrogens is 1. The summed E-state index contributed by atoms with van der Waals surface area (Å²) >= 11 is 0. The van der Waals surface area contributed by atoms with Gasteiger partial charge in [0.2, 0.25) is 0 Å². The van der Waals surface area contributed by atoms with Crippen LogP contribution in [0.2, 0.25) is 0 Å². The van der Waals surface area contributed by atoms with Crippen molar-refractivity contribution in [1.29, 1.82) is 21.0 Å². The van der Waals surface area contributed by atoms with Crippen molar-refractivity contribution >= 4 is 17.0 Å². The smallest absolute Gasteiger partial charge is 0.153 e. The standard InChI is InChI=1S/C18H12N6/c19-6-3-7-24-12-14(16-4-1-2-5-17(16)24)8-13(9-20)18(23)15(10-21)11-22/h1-2,4-5,8,12H,3,7,23H2/b13-8-. The molecule has 2 rings (SSSR count). The molecule has 6 nitrogen and oxygen atoms in total. The minimum atomic E-state index is -0.295.